The van der Waals surface area contributed by atoms with E-state index < -0.39 is 0 Å². The van der Waals surface area contributed by atoms with Crippen molar-refractivity contribution in [1.29, 1.82) is 0 Å². The van der Waals surface area contributed by atoms with Crippen molar-refractivity contribution >= 4 is 33.1 Å². The van der Waals surface area contributed by atoms with Gasteiger partial charge in [0.1, 0.15) is 17.2 Å². The molecule has 6 nitrogen and oxygen atoms in total. The number of nitrogens with zero attached hydrogens (tertiary/aromatic N) is 3. The van der Waals surface area contributed by atoms with E-state index in [9.17, 15) is 9.59 Å². The molecule has 0 aliphatic rings. The van der Waals surface area contributed by atoms with Gasteiger partial charge in [0.2, 0.25) is 5.91 Å². The summed E-state index contributed by atoms with van der Waals surface area (Å²) in [5.74, 6) is 0.698. The maximum absolute atomic E-state index is 13.4. The van der Waals surface area contributed by atoms with Crippen LogP contribution in [-0.4, -0.2) is 33.4 Å². The zero-order valence-corrected chi connectivity index (χ0v) is 20.1. The van der Waals surface area contributed by atoms with Gasteiger partial charge in [-0.2, -0.15) is 0 Å². The normalized spacial score (nSPS) is 11.6. The van der Waals surface area contributed by atoms with Crippen LogP contribution in [0.4, 0.5) is 5.69 Å². The molecule has 0 aliphatic carbocycles. The number of carbonyl (C=O) groups excluding carboxylic acids is 1. The lowest BCUT2D eigenvalue weighted by atomic mass is 10.0. The smallest absolute Gasteiger partial charge is 0.263 e. The Morgan fingerprint density at radius 2 is 1.87 bits per heavy atom. The molecule has 0 bridgehead atoms. The number of hydrogen-bond acceptors (Lipinski definition) is 5. The van der Waals surface area contributed by atoms with Crippen LogP contribution in [0.2, 0.25) is 0 Å². The van der Waals surface area contributed by atoms with Crippen molar-refractivity contribution in [2.75, 3.05) is 18.4 Å². The summed E-state index contributed by atoms with van der Waals surface area (Å²) < 4.78 is 1.55. The molecule has 0 aliphatic heterocycles. The van der Waals surface area contributed by atoms with Crippen molar-refractivity contribution < 1.29 is 4.79 Å². The van der Waals surface area contributed by atoms with Crippen LogP contribution in [0.5, 0.6) is 0 Å². The molecule has 31 heavy (non-hydrogen) atoms. The number of carbonyl (C=O) groups is 1. The largest absolute Gasteiger partial charge is 0.324 e. The van der Waals surface area contributed by atoms with Crippen LogP contribution in [0, 0.1) is 13.8 Å². The molecule has 3 aromatic rings. The molecule has 2 heterocycles. The molecule has 1 amide bonds. The lowest BCUT2D eigenvalue weighted by Crippen LogP contribution is -2.34. The van der Waals surface area contributed by atoms with Crippen LogP contribution < -0.4 is 10.9 Å². The standard InChI is InChI=1S/C24H32N4O2S/c1-7-27(8-2)13-20-26-23-22(16(5)17(6)31-23)24(30)28(20)14-21(29)25-19-12-10-9-11-18(19)15(3)4/h9-12,15H,7-8,13-14H2,1-6H3,(H,25,29). The Hall–Kier alpha value is -2.51. The van der Waals surface area contributed by atoms with Crippen LogP contribution in [0.1, 0.15) is 55.4 Å². The molecule has 0 saturated carbocycles. The molecular weight excluding hydrogens is 408 g/mol. The minimum Gasteiger partial charge on any atom is -0.324 e. The van der Waals surface area contributed by atoms with Crippen LogP contribution in [-0.2, 0) is 17.9 Å². The number of anilines is 1. The monoisotopic (exact) mass is 440 g/mol. The molecular formula is C24H32N4O2S. The summed E-state index contributed by atoms with van der Waals surface area (Å²) in [6, 6.07) is 7.80. The van der Waals surface area contributed by atoms with Crippen LogP contribution in [0.25, 0.3) is 10.2 Å². The van der Waals surface area contributed by atoms with Gasteiger partial charge in [-0.1, -0.05) is 45.9 Å². The minimum atomic E-state index is -0.221. The number of aromatic nitrogens is 2. The summed E-state index contributed by atoms with van der Waals surface area (Å²) in [6.07, 6.45) is 0. The second-order valence-electron chi connectivity index (χ2n) is 8.13. The van der Waals surface area contributed by atoms with Gasteiger partial charge in [0.05, 0.1) is 11.9 Å². The summed E-state index contributed by atoms with van der Waals surface area (Å²) in [7, 11) is 0. The molecule has 0 spiro atoms. The van der Waals surface area contributed by atoms with E-state index in [1.54, 1.807) is 15.9 Å². The van der Waals surface area contributed by atoms with Gasteiger partial charge in [-0.3, -0.25) is 19.1 Å². The van der Waals surface area contributed by atoms with Gasteiger partial charge < -0.3 is 5.32 Å². The molecule has 0 unspecified atom stereocenters. The van der Waals surface area contributed by atoms with Gasteiger partial charge >= 0.3 is 0 Å². The maximum atomic E-state index is 13.4. The van der Waals surface area contributed by atoms with Crippen molar-refractivity contribution in [1.82, 2.24) is 14.5 Å². The summed E-state index contributed by atoms with van der Waals surface area (Å²) in [5, 5.41) is 3.63. The second kappa shape index (κ2) is 9.75. The average molecular weight is 441 g/mol. The Morgan fingerprint density at radius 3 is 2.52 bits per heavy atom. The Balaban J connectivity index is 2.01. The minimum absolute atomic E-state index is 0.0564. The molecule has 3 rings (SSSR count). The molecule has 1 N–H and O–H groups in total. The Labute approximate surface area is 187 Å². The fourth-order valence-corrected chi connectivity index (χ4v) is 4.79. The number of para-hydroxylation sites is 1. The number of benzene rings is 1. The highest BCUT2D eigenvalue weighted by atomic mass is 32.1. The first-order valence-electron chi connectivity index (χ1n) is 10.9. The molecule has 0 radical (unpaired) electrons. The SMILES string of the molecule is CCN(CC)Cc1nc2sc(C)c(C)c2c(=O)n1CC(=O)Nc1ccccc1C(C)C. The van der Waals surface area contributed by atoms with E-state index in [0.29, 0.717) is 17.8 Å². The second-order valence-corrected chi connectivity index (χ2v) is 9.34. The molecule has 0 atom stereocenters. The van der Waals surface area contributed by atoms with Crippen LogP contribution in [0.15, 0.2) is 29.1 Å². The number of aryl methyl sites for hydroxylation is 2. The molecule has 1 aromatic carbocycles. The van der Waals surface area contributed by atoms with E-state index in [0.717, 1.165) is 39.6 Å². The van der Waals surface area contributed by atoms with Crippen molar-refractivity contribution in [2.24, 2.45) is 0 Å². The molecule has 7 heteroatoms. The van der Waals surface area contributed by atoms with Crippen molar-refractivity contribution in [3.8, 4) is 0 Å². The zero-order valence-electron chi connectivity index (χ0n) is 19.3. The van der Waals surface area contributed by atoms with E-state index in [4.69, 9.17) is 4.98 Å². The first-order chi connectivity index (χ1) is 14.8. The van der Waals surface area contributed by atoms with Crippen molar-refractivity contribution in [3.05, 3.63) is 56.4 Å². The molecule has 0 fully saturated rings. The Morgan fingerprint density at radius 1 is 1.19 bits per heavy atom. The highest BCUT2D eigenvalue weighted by molar-refractivity contribution is 7.18. The highest BCUT2D eigenvalue weighted by Crippen LogP contribution is 2.27. The number of amides is 1. The van der Waals surface area contributed by atoms with Gasteiger partial charge in [0.25, 0.3) is 5.56 Å². The van der Waals surface area contributed by atoms with Gasteiger partial charge in [0.15, 0.2) is 0 Å². The summed E-state index contributed by atoms with van der Waals surface area (Å²) >= 11 is 1.54. The van der Waals surface area contributed by atoms with E-state index in [2.05, 4.69) is 37.9 Å². The van der Waals surface area contributed by atoms with Gasteiger partial charge in [0, 0.05) is 10.6 Å². The van der Waals surface area contributed by atoms with Gasteiger partial charge in [-0.25, -0.2) is 4.98 Å². The first-order valence-corrected chi connectivity index (χ1v) is 11.7. The summed E-state index contributed by atoms with van der Waals surface area (Å²) in [4.78, 5) is 35.3. The quantitative estimate of drug-likeness (QED) is 0.552. The van der Waals surface area contributed by atoms with E-state index in [1.807, 2.05) is 38.1 Å². The topological polar surface area (TPSA) is 67.2 Å². The number of hydrogen-bond donors (Lipinski definition) is 1. The fourth-order valence-electron chi connectivity index (χ4n) is 3.75. The summed E-state index contributed by atoms with van der Waals surface area (Å²) in [5.41, 5.74) is 2.68. The highest BCUT2D eigenvalue weighted by Gasteiger charge is 2.20. The Kier molecular flexibility index (Phi) is 7.28. The predicted molar refractivity (Wildman–Crippen MR) is 129 cm³/mol. The van der Waals surface area contributed by atoms with E-state index >= 15 is 0 Å². The lowest BCUT2D eigenvalue weighted by Gasteiger charge is -2.20. The van der Waals surface area contributed by atoms with Crippen LogP contribution >= 0.6 is 11.3 Å². The third-order valence-corrected chi connectivity index (χ3v) is 6.89. The van der Waals surface area contributed by atoms with E-state index in [-0.39, 0.29) is 23.9 Å². The number of rotatable bonds is 8. The first kappa shape index (κ1) is 23.2. The molecule has 166 valence electrons. The number of fused-ring (bicyclic) bond motifs is 1. The summed E-state index contributed by atoms with van der Waals surface area (Å²) in [6.45, 7) is 14.5. The molecule has 2 aromatic heterocycles. The number of nitrogens with one attached hydrogen (secondary N) is 1. The lowest BCUT2D eigenvalue weighted by molar-refractivity contribution is -0.116. The fraction of sp³-hybridized carbons (Fsp3) is 0.458. The number of thiophene rings is 1. The van der Waals surface area contributed by atoms with E-state index in [1.165, 1.54) is 0 Å². The third kappa shape index (κ3) is 4.88. The Bertz CT molecular complexity index is 1140. The predicted octanol–water partition coefficient (Wildman–Crippen LogP) is 4.68. The van der Waals surface area contributed by atoms with Crippen molar-refractivity contribution in [3.63, 3.8) is 0 Å². The van der Waals surface area contributed by atoms with Gasteiger partial charge in [-0.05, 0) is 50.0 Å². The zero-order chi connectivity index (χ0) is 22.7. The van der Waals surface area contributed by atoms with Gasteiger partial charge in [-0.15, -0.1) is 11.3 Å². The average Bonchev–Trinajstić information content (AvgIpc) is 3.02. The third-order valence-electron chi connectivity index (χ3n) is 5.79. The maximum Gasteiger partial charge on any atom is 0.263 e. The van der Waals surface area contributed by atoms with Crippen molar-refractivity contribution in [2.45, 2.75) is 60.5 Å². The van der Waals surface area contributed by atoms with Crippen LogP contribution in [0.3, 0.4) is 0 Å². The molecule has 0 saturated heterocycles.